The molecule has 3 rings (SSSR count). The summed E-state index contributed by atoms with van der Waals surface area (Å²) in [5.41, 5.74) is 1.31. The Kier molecular flexibility index (Phi) is 4.21. The van der Waals surface area contributed by atoms with Crippen LogP contribution in [-0.2, 0) is 4.74 Å². The van der Waals surface area contributed by atoms with Crippen molar-refractivity contribution in [3.05, 3.63) is 53.6 Å². The number of hydrogen-bond donors (Lipinski definition) is 0. The minimum atomic E-state index is -0.751. The highest BCUT2D eigenvalue weighted by Crippen LogP contribution is 2.43. The van der Waals surface area contributed by atoms with E-state index in [1.54, 1.807) is 26.4 Å². The highest BCUT2D eigenvalue weighted by Gasteiger charge is 2.41. The van der Waals surface area contributed by atoms with Crippen LogP contribution < -0.4 is 14.2 Å². The summed E-state index contributed by atoms with van der Waals surface area (Å²) in [6, 6.07) is 12.9. The van der Waals surface area contributed by atoms with Gasteiger partial charge in [0.15, 0.2) is 6.10 Å². The fourth-order valence-electron chi connectivity index (χ4n) is 2.79. The Labute approximate surface area is 134 Å². The first-order chi connectivity index (χ1) is 11.2. The van der Waals surface area contributed by atoms with Gasteiger partial charge in [-0.3, -0.25) is 4.79 Å². The van der Waals surface area contributed by atoms with Crippen LogP contribution in [0.2, 0.25) is 0 Å². The van der Waals surface area contributed by atoms with Crippen LogP contribution in [0, 0.1) is 0 Å². The summed E-state index contributed by atoms with van der Waals surface area (Å²) in [7, 11) is 4.63. The van der Waals surface area contributed by atoms with Crippen molar-refractivity contribution < 1.29 is 23.7 Å². The van der Waals surface area contributed by atoms with Crippen LogP contribution in [0.3, 0.4) is 0 Å². The summed E-state index contributed by atoms with van der Waals surface area (Å²) in [4.78, 5) is 12.8. The van der Waals surface area contributed by atoms with Gasteiger partial charge in [0, 0.05) is 19.2 Å². The highest BCUT2D eigenvalue weighted by atomic mass is 16.5. The van der Waals surface area contributed by atoms with E-state index in [0.29, 0.717) is 22.8 Å². The van der Waals surface area contributed by atoms with Crippen molar-refractivity contribution in [2.24, 2.45) is 0 Å². The van der Waals surface area contributed by atoms with E-state index < -0.39 is 12.2 Å². The quantitative estimate of drug-likeness (QED) is 0.849. The molecule has 2 unspecified atom stereocenters. The van der Waals surface area contributed by atoms with Gasteiger partial charge in [0.2, 0.25) is 5.78 Å². The number of Topliss-reactive ketones (excluding diaryl/α,β-unsaturated/α-hetero) is 1. The number of carbonyl (C=O) groups excluding carboxylic acids is 1. The number of methoxy groups -OCH3 is 3. The molecule has 5 nitrogen and oxygen atoms in total. The number of ketones is 1. The van der Waals surface area contributed by atoms with Crippen LogP contribution in [-0.4, -0.2) is 33.2 Å². The van der Waals surface area contributed by atoms with Gasteiger partial charge in [-0.15, -0.1) is 0 Å². The molecule has 0 N–H and O–H groups in total. The molecule has 0 saturated carbocycles. The van der Waals surface area contributed by atoms with Crippen molar-refractivity contribution in [2.45, 2.75) is 12.2 Å². The van der Waals surface area contributed by atoms with E-state index >= 15 is 0 Å². The normalized spacial score (nSPS) is 17.3. The predicted molar refractivity (Wildman–Crippen MR) is 84.5 cm³/mol. The molecule has 1 aliphatic rings. The number of ether oxygens (including phenoxy) is 4. The fraction of sp³-hybridized carbons (Fsp3) is 0.278. The van der Waals surface area contributed by atoms with Crippen LogP contribution in [0.5, 0.6) is 17.2 Å². The Bertz CT molecular complexity index is 711. The van der Waals surface area contributed by atoms with Crippen LogP contribution in [0.1, 0.15) is 22.0 Å². The van der Waals surface area contributed by atoms with E-state index in [1.165, 1.54) is 7.11 Å². The van der Waals surface area contributed by atoms with E-state index in [0.717, 1.165) is 5.56 Å². The fourth-order valence-corrected chi connectivity index (χ4v) is 2.79. The Morgan fingerprint density at radius 3 is 2.39 bits per heavy atom. The summed E-state index contributed by atoms with van der Waals surface area (Å²) in [6.45, 7) is 0. The standard InChI is InChI=1S/C18H18O5/c1-20-12-9-13(21-2)15-14(10-12)23-18(16(15)19)17(22-3)11-7-5-4-6-8-11/h4-10,17-18H,1-3H3. The van der Waals surface area contributed by atoms with E-state index in [9.17, 15) is 4.79 Å². The van der Waals surface area contributed by atoms with Gasteiger partial charge in [0.25, 0.3) is 0 Å². The van der Waals surface area contributed by atoms with Crippen molar-refractivity contribution in [3.8, 4) is 17.2 Å². The minimum Gasteiger partial charge on any atom is -0.496 e. The molecule has 120 valence electrons. The van der Waals surface area contributed by atoms with Gasteiger partial charge in [-0.2, -0.15) is 0 Å². The van der Waals surface area contributed by atoms with E-state index in [1.807, 2.05) is 30.3 Å². The second kappa shape index (κ2) is 6.30. The number of fused-ring (bicyclic) bond motifs is 1. The summed E-state index contributed by atoms with van der Waals surface area (Å²) in [5.74, 6) is 1.31. The highest BCUT2D eigenvalue weighted by molar-refractivity contribution is 6.07. The maximum absolute atomic E-state index is 12.8. The van der Waals surface area contributed by atoms with E-state index in [2.05, 4.69) is 0 Å². The molecule has 0 radical (unpaired) electrons. The molecule has 0 fully saturated rings. The third-order valence-electron chi connectivity index (χ3n) is 3.91. The van der Waals surface area contributed by atoms with Crippen LogP contribution in [0.15, 0.2) is 42.5 Å². The van der Waals surface area contributed by atoms with Crippen LogP contribution >= 0.6 is 0 Å². The lowest BCUT2D eigenvalue weighted by Crippen LogP contribution is -2.30. The molecular weight excluding hydrogens is 296 g/mol. The Morgan fingerprint density at radius 2 is 1.78 bits per heavy atom. The monoisotopic (exact) mass is 314 g/mol. The lowest BCUT2D eigenvalue weighted by Gasteiger charge is -2.21. The molecule has 1 aliphatic heterocycles. The molecule has 0 bridgehead atoms. The lowest BCUT2D eigenvalue weighted by atomic mass is 9.98. The van der Waals surface area contributed by atoms with Gasteiger partial charge < -0.3 is 18.9 Å². The average molecular weight is 314 g/mol. The van der Waals surface area contributed by atoms with Gasteiger partial charge in [-0.1, -0.05) is 30.3 Å². The largest absolute Gasteiger partial charge is 0.496 e. The smallest absolute Gasteiger partial charge is 0.213 e. The summed E-state index contributed by atoms with van der Waals surface area (Å²) < 4.78 is 21.9. The molecule has 0 saturated heterocycles. The van der Waals surface area contributed by atoms with E-state index in [-0.39, 0.29) is 5.78 Å². The lowest BCUT2D eigenvalue weighted by molar-refractivity contribution is 0.0137. The third-order valence-corrected chi connectivity index (χ3v) is 3.91. The van der Waals surface area contributed by atoms with Crippen molar-refractivity contribution >= 4 is 5.78 Å². The SMILES string of the molecule is COc1cc(OC)c2c(c1)OC(C(OC)c1ccccc1)C2=O. The molecule has 2 aromatic rings. The maximum Gasteiger partial charge on any atom is 0.213 e. The van der Waals surface area contributed by atoms with Gasteiger partial charge in [0.05, 0.1) is 14.2 Å². The molecule has 0 amide bonds. The number of rotatable bonds is 5. The molecule has 5 heteroatoms. The molecule has 0 aliphatic carbocycles. The Balaban J connectivity index is 2.00. The number of hydrogen-bond acceptors (Lipinski definition) is 5. The first-order valence-electron chi connectivity index (χ1n) is 7.24. The Morgan fingerprint density at radius 1 is 1.04 bits per heavy atom. The molecule has 0 spiro atoms. The zero-order valence-electron chi connectivity index (χ0n) is 13.2. The topological polar surface area (TPSA) is 54.0 Å². The molecular formula is C18H18O5. The van der Waals surface area contributed by atoms with E-state index in [4.69, 9.17) is 18.9 Å². The average Bonchev–Trinajstić information content (AvgIpc) is 2.92. The summed E-state index contributed by atoms with van der Waals surface area (Å²) in [6.07, 6.45) is -1.25. The maximum atomic E-state index is 12.8. The third kappa shape index (κ3) is 2.64. The molecule has 1 heterocycles. The van der Waals surface area contributed by atoms with Gasteiger partial charge in [-0.25, -0.2) is 0 Å². The zero-order chi connectivity index (χ0) is 16.4. The zero-order valence-corrected chi connectivity index (χ0v) is 13.2. The van der Waals surface area contributed by atoms with Crippen LogP contribution in [0.25, 0.3) is 0 Å². The second-order valence-corrected chi connectivity index (χ2v) is 5.17. The molecule has 2 aromatic carbocycles. The van der Waals surface area contributed by atoms with Crippen molar-refractivity contribution in [2.75, 3.05) is 21.3 Å². The first-order valence-corrected chi connectivity index (χ1v) is 7.24. The van der Waals surface area contributed by atoms with Gasteiger partial charge >= 0.3 is 0 Å². The summed E-state index contributed by atoms with van der Waals surface area (Å²) >= 11 is 0. The first kappa shape index (κ1) is 15.4. The molecule has 0 aromatic heterocycles. The van der Waals surface area contributed by atoms with Gasteiger partial charge in [-0.05, 0) is 5.56 Å². The predicted octanol–water partition coefficient (Wildman–Crippen LogP) is 3.04. The number of carbonyl (C=O) groups is 1. The Hall–Kier alpha value is -2.53. The molecule has 23 heavy (non-hydrogen) atoms. The van der Waals surface area contributed by atoms with Gasteiger partial charge in [0.1, 0.15) is 28.9 Å². The summed E-state index contributed by atoms with van der Waals surface area (Å²) in [5, 5.41) is 0. The minimum absolute atomic E-state index is 0.157. The van der Waals surface area contributed by atoms with Crippen molar-refractivity contribution in [1.82, 2.24) is 0 Å². The van der Waals surface area contributed by atoms with Crippen LogP contribution in [0.4, 0.5) is 0 Å². The second-order valence-electron chi connectivity index (χ2n) is 5.17. The number of benzene rings is 2. The molecule has 2 atom stereocenters. The van der Waals surface area contributed by atoms with Crippen molar-refractivity contribution in [3.63, 3.8) is 0 Å². The van der Waals surface area contributed by atoms with Crippen molar-refractivity contribution in [1.29, 1.82) is 0 Å².